The Labute approximate surface area is 124 Å². The second kappa shape index (κ2) is 7.41. The van der Waals surface area contributed by atoms with E-state index in [4.69, 9.17) is 0 Å². The Bertz CT molecular complexity index is 535. The third-order valence-electron chi connectivity index (χ3n) is 3.11. The summed E-state index contributed by atoms with van der Waals surface area (Å²) >= 11 is 0. The predicted octanol–water partition coefficient (Wildman–Crippen LogP) is 1.07. The van der Waals surface area contributed by atoms with Gasteiger partial charge < -0.3 is 20.1 Å². The number of nitrogens with one attached hydrogen (secondary N) is 2. The van der Waals surface area contributed by atoms with E-state index in [1.807, 2.05) is 10.8 Å². The molecular weight excluding hydrogens is 268 g/mol. The van der Waals surface area contributed by atoms with Crippen molar-refractivity contribution in [1.29, 1.82) is 0 Å². The summed E-state index contributed by atoms with van der Waals surface area (Å²) in [6.45, 7) is 7.41. The Balaban J connectivity index is 2.05. The van der Waals surface area contributed by atoms with E-state index in [0.717, 1.165) is 26.2 Å². The molecule has 0 amide bonds. The van der Waals surface area contributed by atoms with E-state index in [1.165, 1.54) is 0 Å². The molecule has 8 nitrogen and oxygen atoms in total. The van der Waals surface area contributed by atoms with Gasteiger partial charge in [0.2, 0.25) is 17.8 Å². The minimum Gasteiger partial charge on any atom is -0.357 e. The summed E-state index contributed by atoms with van der Waals surface area (Å²) in [4.78, 5) is 19.3. The van der Waals surface area contributed by atoms with E-state index < -0.39 is 0 Å². The Morgan fingerprint density at radius 1 is 1.14 bits per heavy atom. The van der Waals surface area contributed by atoms with Crippen molar-refractivity contribution >= 4 is 17.8 Å². The molecule has 0 aromatic carbocycles. The first-order chi connectivity index (χ1) is 10.3. The zero-order valence-electron chi connectivity index (χ0n) is 12.7. The van der Waals surface area contributed by atoms with E-state index in [-0.39, 0.29) is 0 Å². The fourth-order valence-corrected chi connectivity index (χ4v) is 1.92. The average molecular weight is 290 g/mol. The molecule has 2 rings (SSSR count). The van der Waals surface area contributed by atoms with Crippen LogP contribution >= 0.6 is 0 Å². The fraction of sp³-hybridized carbons (Fsp3) is 0.538. The van der Waals surface area contributed by atoms with Crippen LogP contribution in [0.3, 0.4) is 0 Å². The van der Waals surface area contributed by atoms with Gasteiger partial charge in [-0.15, -0.1) is 0 Å². The van der Waals surface area contributed by atoms with Crippen molar-refractivity contribution in [2.45, 2.75) is 20.4 Å². The monoisotopic (exact) mass is 290 g/mol. The van der Waals surface area contributed by atoms with Crippen LogP contribution < -0.4 is 15.5 Å². The van der Waals surface area contributed by atoms with Gasteiger partial charge in [-0.05, 0) is 13.8 Å². The molecule has 0 aliphatic carbocycles. The first kappa shape index (κ1) is 15.0. The van der Waals surface area contributed by atoms with E-state index in [1.54, 1.807) is 19.6 Å². The molecule has 0 aliphatic heterocycles. The molecule has 0 saturated carbocycles. The molecule has 0 fully saturated rings. The molecule has 2 aromatic heterocycles. The van der Waals surface area contributed by atoms with E-state index in [2.05, 4.69) is 49.3 Å². The molecule has 114 valence electrons. The second-order valence-electron chi connectivity index (χ2n) is 4.43. The second-order valence-corrected chi connectivity index (χ2v) is 4.43. The van der Waals surface area contributed by atoms with Crippen molar-refractivity contribution in [3.8, 4) is 0 Å². The highest BCUT2D eigenvalue weighted by Gasteiger charge is 2.10. The molecule has 0 spiro atoms. The number of nitrogens with zero attached hydrogens (tertiary/aromatic N) is 6. The standard InChI is InChI=1S/C13H22N8/c1-4-21(5-2)13-18-11(14-3)17-12(19-13)16-7-9-20-8-6-15-10-20/h6,8,10H,4-5,7,9H2,1-3H3,(H2,14,16,17,18,19). The normalized spacial score (nSPS) is 10.4. The molecule has 0 atom stereocenters. The number of hydrogen-bond acceptors (Lipinski definition) is 7. The lowest BCUT2D eigenvalue weighted by Gasteiger charge is -2.19. The largest absolute Gasteiger partial charge is 0.357 e. The van der Waals surface area contributed by atoms with Crippen molar-refractivity contribution in [3.05, 3.63) is 18.7 Å². The van der Waals surface area contributed by atoms with Gasteiger partial charge in [0.15, 0.2) is 0 Å². The molecule has 2 N–H and O–H groups in total. The Morgan fingerprint density at radius 3 is 2.52 bits per heavy atom. The minimum absolute atomic E-state index is 0.567. The van der Waals surface area contributed by atoms with Crippen LogP contribution in [0.5, 0.6) is 0 Å². The van der Waals surface area contributed by atoms with Crippen LogP contribution in [0, 0.1) is 0 Å². The third-order valence-corrected chi connectivity index (χ3v) is 3.11. The van der Waals surface area contributed by atoms with E-state index >= 15 is 0 Å². The first-order valence-corrected chi connectivity index (χ1v) is 7.15. The van der Waals surface area contributed by atoms with Crippen LogP contribution in [-0.4, -0.2) is 51.2 Å². The highest BCUT2D eigenvalue weighted by molar-refractivity contribution is 5.43. The Morgan fingerprint density at radius 2 is 1.90 bits per heavy atom. The quantitative estimate of drug-likeness (QED) is 0.752. The summed E-state index contributed by atoms with van der Waals surface area (Å²) in [7, 11) is 1.80. The van der Waals surface area contributed by atoms with Gasteiger partial charge in [-0.3, -0.25) is 0 Å². The van der Waals surface area contributed by atoms with Gasteiger partial charge >= 0.3 is 0 Å². The SMILES string of the molecule is CCN(CC)c1nc(NC)nc(NCCn2ccnc2)n1. The molecule has 0 unspecified atom stereocenters. The summed E-state index contributed by atoms with van der Waals surface area (Å²) < 4.78 is 2.00. The zero-order chi connectivity index (χ0) is 15.1. The van der Waals surface area contributed by atoms with Crippen LogP contribution in [-0.2, 0) is 6.54 Å². The van der Waals surface area contributed by atoms with Crippen LogP contribution in [0.4, 0.5) is 17.8 Å². The van der Waals surface area contributed by atoms with E-state index in [0.29, 0.717) is 17.8 Å². The molecule has 0 saturated heterocycles. The van der Waals surface area contributed by atoms with Crippen LogP contribution in [0.15, 0.2) is 18.7 Å². The molecule has 0 aliphatic rings. The summed E-state index contributed by atoms with van der Waals surface area (Å²) in [5.41, 5.74) is 0. The van der Waals surface area contributed by atoms with Gasteiger partial charge in [0.25, 0.3) is 0 Å². The molecule has 8 heteroatoms. The molecular formula is C13H22N8. The predicted molar refractivity (Wildman–Crippen MR) is 83.7 cm³/mol. The Hall–Kier alpha value is -2.38. The summed E-state index contributed by atoms with van der Waals surface area (Å²) in [5, 5.41) is 6.19. The van der Waals surface area contributed by atoms with Gasteiger partial charge in [0.05, 0.1) is 6.33 Å². The highest BCUT2D eigenvalue weighted by Crippen LogP contribution is 2.12. The first-order valence-electron chi connectivity index (χ1n) is 7.15. The summed E-state index contributed by atoms with van der Waals surface area (Å²) in [6, 6.07) is 0. The molecule has 2 aromatic rings. The van der Waals surface area contributed by atoms with Crippen molar-refractivity contribution < 1.29 is 0 Å². The number of rotatable bonds is 8. The molecule has 0 radical (unpaired) electrons. The topological polar surface area (TPSA) is 83.8 Å². The van der Waals surface area contributed by atoms with Crippen LogP contribution in [0.2, 0.25) is 0 Å². The maximum absolute atomic E-state index is 4.47. The van der Waals surface area contributed by atoms with Crippen LogP contribution in [0.1, 0.15) is 13.8 Å². The number of hydrogen-bond donors (Lipinski definition) is 2. The number of aromatic nitrogens is 5. The average Bonchev–Trinajstić information content (AvgIpc) is 3.01. The van der Waals surface area contributed by atoms with Crippen molar-refractivity contribution in [3.63, 3.8) is 0 Å². The van der Waals surface area contributed by atoms with Crippen molar-refractivity contribution in [2.75, 3.05) is 42.2 Å². The fourth-order valence-electron chi connectivity index (χ4n) is 1.92. The van der Waals surface area contributed by atoms with Crippen molar-refractivity contribution in [2.24, 2.45) is 0 Å². The van der Waals surface area contributed by atoms with Gasteiger partial charge in [-0.2, -0.15) is 15.0 Å². The van der Waals surface area contributed by atoms with E-state index in [9.17, 15) is 0 Å². The van der Waals surface area contributed by atoms with Gasteiger partial charge in [0.1, 0.15) is 0 Å². The summed E-state index contributed by atoms with van der Waals surface area (Å²) in [5.74, 6) is 1.83. The van der Waals surface area contributed by atoms with Crippen molar-refractivity contribution in [1.82, 2.24) is 24.5 Å². The maximum atomic E-state index is 4.47. The molecule has 21 heavy (non-hydrogen) atoms. The van der Waals surface area contributed by atoms with Gasteiger partial charge in [0, 0.05) is 45.6 Å². The van der Waals surface area contributed by atoms with Gasteiger partial charge in [-0.1, -0.05) is 0 Å². The lowest BCUT2D eigenvalue weighted by Crippen LogP contribution is -2.25. The van der Waals surface area contributed by atoms with Gasteiger partial charge in [-0.25, -0.2) is 4.98 Å². The lowest BCUT2D eigenvalue weighted by molar-refractivity contribution is 0.721. The number of imidazole rings is 1. The molecule has 0 bridgehead atoms. The minimum atomic E-state index is 0.567. The molecule has 2 heterocycles. The summed E-state index contributed by atoms with van der Waals surface area (Å²) in [6.07, 6.45) is 5.48. The Kier molecular flexibility index (Phi) is 5.30. The third kappa shape index (κ3) is 4.04. The van der Waals surface area contributed by atoms with Crippen LogP contribution in [0.25, 0.3) is 0 Å². The smallest absolute Gasteiger partial charge is 0.231 e. The highest BCUT2D eigenvalue weighted by atomic mass is 15.3. The lowest BCUT2D eigenvalue weighted by atomic mass is 10.5. The maximum Gasteiger partial charge on any atom is 0.231 e. The number of anilines is 3. The zero-order valence-corrected chi connectivity index (χ0v) is 12.7.